The van der Waals surface area contributed by atoms with Crippen LogP contribution in [0, 0.1) is 6.92 Å². The first-order chi connectivity index (χ1) is 5.74. The molecule has 0 unspecified atom stereocenters. The molecule has 1 nitrogen and oxygen atoms in total. The van der Waals surface area contributed by atoms with Crippen molar-refractivity contribution in [3.63, 3.8) is 0 Å². The Morgan fingerprint density at radius 2 is 2.17 bits per heavy atom. The molecule has 1 N–H and O–H groups in total. The number of rotatable bonds is 2. The van der Waals surface area contributed by atoms with Gasteiger partial charge in [0.2, 0.25) is 0 Å². The molecule has 1 heteroatoms. The number of allylic oxidation sites excluding steroid dienone is 2. The lowest BCUT2D eigenvalue weighted by atomic mass is 10.1. The van der Waals surface area contributed by atoms with Gasteiger partial charge in [-0.3, -0.25) is 0 Å². The molecular formula is C11H14O. The lowest BCUT2D eigenvalue weighted by Gasteiger charge is -2.01. The van der Waals surface area contributed by atoms with Crippen molar-refractivity contribution in [3.8, 4) is 5.75 Å². The highest BCUT2D eigenvalue weighted by molar-refractivity contribution is 5.36. The largest absolute Gasteiger partial charge is 0.508 e. The fourth-order valence-corrected chi connectivity index (χ4v) is 1.09. The third-order valence-electron chi connectivity index (χ3n) is 1.81. The number of phenolic OH excluding ortho intramolecular Hbond substituents is 1. The average molecular weight is 162 g/mol. The van der Waals surface area contributed by atoms with Gasteiger partial charge < -0.3 is 5.11 Å². The topological polar surface area (TPSA) is 20.2 Å². The molecule has 0 aromatic heterocycles. The molecule has 1 aromatic rings. The quantitative estimate of drug-likeness (QED) is 0.663. The molecule has 1 aromatic carbocycles. The van der Waals surface area contributed by atoms with E-state index in [1.807, 2.05) is 38.1 Å². The van der Waals surface area contributed by atoms with Crippen LogP contribution in [0.5, 0.6) is 5.75 Å². The summed E-state index contributed by atoms with van der Waals surface area (Å²) in [7, 11) is 0. The Morgan fingerprint density at radius 1 is 1.42 bits per heavy atom. The van der Waals surface area contributed by atoms with E-state index in [0.29, 0.717) is 5.75 Å². The van der Waals surface area contributed by atoms with Gasteiger partial charge in [0.25, 0.3) is 0 Å². The number of aryl methyl sites for hydroxylation is 1. The Morgan fingerprint density at radius 3 is 2.75 bits per heavy atom. The van der Waals surface area contributed by atoms with E-state index in [9.17, 15) is 5.11 Å². The summed E-state index contributed by atoms with van der Waals surface area (Å²) in [5.74, 6) is 0.396. The van der Waals surface area contributed by atoms with Crippen LogP contribution in [0.2, 0.25) is 0 Å². The zero-order valence-electron chi connectivity index (χ0n) is 7.54. The van der Waals surface area contributed by atoms with Crippen molar-refractivity contribution in [1.82, 2.24) is 0 Å². The van der Waals surface area contributed by atoms with Gasteiger partial charge in [0, 0.05) is 0 Å². The fourth-order valence-electron chi connectivity index (χ4n) is 1.09. The minimum atomic E-state index is 0.396. The molecule has 12 heavy (non-hydrogen) atoms. The van der Waals surface area contributed by atoms with Gasteiger partial charge in [-0.1, -0.05) is 24.3 Å². The highest BCUT2D eigenvalue weighted by Gasteiger charge is 1.97. The molecule has 1 rings (SSSR count). The number of hydrogen-bond donors (Lipinski definition) is 1. The van der Waals surface area contributed by atoms with Gasteiger partial charge >= 0.3 is 0 Å². The molecule has 0 spiro atoms. The molecule has 0 saturated heterocycles. The molecule has 0 bridgehead atoms. The van der Waals surface area contributed by atoms with E-state index in [-0.39, 0.29) is 0 Å². The summed E-state index contributed by atoms with van der Waals surface area (Å²) in [6, 6.07) is 5.77. The standard InChI is InChI=1S/C11H14O/c1-3-4-5-10-7-6-9(2)8-11(10)12/h3-4,6-8,12H,5H2,1-2H3/b4-3+. The Labute approximate surface area is 73.4 Å². The maximum Gasteiger partial charge on any atom is 0.119 e. The van der Waals surface area contributed by atoms with E-state index >= 15 is 0 Å². The number of benzene rings is 1. The number of phenols is 1. The summed E-state index contributed by atoms with van der Waals surface area (Å²) < 4.78 is 0. The third-order valence-corrected chi connectivity index (χ3v) is 1.81. The Balaban J connectivity index is 2.86. The summed E-state index contributed by atoms with van der Waals surface area (Å²) in [6.07, 6.45) is 4.83. The van der Waals surface area contributed by atoms with Gasteiger partial charge in [0.1, 0.15) is 5.75 Å². The van der Waals surface area contributed by atoms with Crippen molar-refractivity contribution in [2.75, 3.05) is 0 Å². The predicted molar refractivity (Wildman–Crippen MR) is 51.4 cm³/mol. The summed E-state index contributed by atoms with van der Waals surface area (Å²) in [5, 5.41) is 9.48. The summed E-state index contributed by atoms with van der Waals surface area (Å²) in [4.78, 5) is 0. The number of hydrogen-bond acceptors (Lipinski definition) is 1. The lowest BCUT2D eigenvalue weighted by molar-refractivity contribution is 0.469. The van der Waals surface area contributed by atoms with Crippen molar-refractivity contribution >= 4 is 0 Å². The molecule has 0 amide bonds. The van der Waals surface area contributed by atoms with Crippen LogP contribution in [0.15, 0.2) is 30.4 Å². The second-order valence-electron chi connectivity index (χ2n) is 2.91. The van der Waals surface area contributed by atoms with Crippen molar-refractivity contribution in [2.24, 2.45) is 0 Å². The van der Waals surface area contributed by atoms with Crippen molar-refractivity contribution < 1.29 is 5.11 Å². The minimum absolute atomic E-state index is 0.396. The average Bonchev–Trinajstić information content (AvgIpc) is 2.03. The van der Waals surface area contributed by atoms with Crippen LogP contribution in [-0.2, 0) is 6.42 Å². The highest BCUT2D eigenvalue weighted by atomic mass is 16.3. The molecule has 0 aliphatic heterocycles. The van der Waals surface area contributed by atoms with E-state index in [2.05, 4.69) is 0 Å². The van der Waals surface area contributed by atoms with E-state index in [0.717, 1.165) is 17.5 Å². The van der Waals surface area contributed by atoms with Crippen LogP contribution in [0.3, 0.4) is 0 Å². The van der Waals surface area contributed by atoms with Crippen molar-refractivity contribution in [2.45, 2.75) is 20.3 Å². The van der Waals surface area contributed by atoms with E-state index in [1.54, 1.807) is 6.07 Å². The molecule has 0 aliphatic rings. The van der Waals surface area contributed by atoms with Crippen LogP contribution in [0.4, 0.5) is 0 Å². The molecule has 0 heterocycles. The minimum Gasteiger partial charge on any atom is -0.508 e. The van der Waals surface area contributed by atoms with Gasteiger partial charge in [0.15, 0.2) is 0 Å². The normalized spacial score (nSPS) is 10.8. The molecule has 64 valence electrons. The lowest BCUT2D eigenvalue weighted by Crippen LogP contribution is -1.82. The SMILES string of the molecule is C/C=C/Cc1ccc(C)cc1O. The molecule has 0 radical (unpaired) electrons. The predicted octanol–water partition coefficient (Wildman–Crippen LogP) is 2.82. The molecule has 0 aliphatic carbocycles. The van der Waals surface area contributed by atoms with Crippen LogP contribution in [0.1, 0.15) is 18.1 Å². The first-order valence-corrected chi connectivity index (χ1v) is 4.13. The van der Waals surface area contributed by atoms with Gasteiger partial charge in [-0.15, -0.1) is 0 Å². The van der Waals surface area contributed by atoms with Gasteiger partial charge in [0.05, 0.1) is 0 Å². The first kappa shape index (κ1) is 8.85. The maximum atomic E-state index is 9.48. The van der Waals surface area contributed by atoms with Gasteiger partial charge in [-0.25, -0.2) is 0 Å². The molecule has 0 atom stereocenters. The van der Waals surface area contributed by atoms with E-state index in [4.69, 9.17) is 0 Å². The Bertz CT molecular complexity index is 287. The number of aromatic hydroxyl groups is 1. The molecular weight excluding hydrogens is 148 g/mol. The summed E-state index contributed by atoms with van der Waals surface area (Å²) in [6.45, 7) is 3.95. The summed E-state index contributed by atoms with van der Waals surface area (Å²) >= 11 is 0. The highest BCUT2D eigenvalue weighted by Crippen LogP contribution is 2.18. The van der Waals surface area contributed by atoms with Crippen LogP contribution in [0.25, 0.3) is 0 Å². The van der Waals surface area contributed by atoms with Crippen LogP contribution in [-0.4, -0.2) is 5.11 Å². The second kappa shape index (κ2) is 3.96. The van der Waals surface area contributed by atoms with Crippen molar-refractivity contribution in [1.29, 1.82) is 0 Å². The van der Waals surface area contributed by atoms with Crippen LogP contribution >= 0.6 is 0 Å². The second-order valence-corrected chi connectivity index (χ2v) is 2.91. The van der Waals surface area contributed by atoms with E-state index < -0.39 is 0 Å². The molecule has 0 fully saturated rings. The monoisotopic (exact) mass is 162 g/mol. The third kappa shape index (κ3) is 2.12. The smallest absolute Gasteiger partial charge is 0.119 e. The zero-order chi connectivity index (χ0) is 8.97. The summed E-state index contributed by atoms with van der Waals surface area (Å²) in [5.41, 5.74) is 2.08. The fraction of sp³-hybridized carbons (Fsp3) is 0.273. The van der Waals surface area contributed by atoms with Gasteiger partial charge in [-0.05, 0) is 37.5 Å². The maximum absolute atomic E-state index is 9.48. The van der Waals surface area contributed by atoms with E-state index in [1.165, 1.54) is 0 Å². The Kier molecular flexibility index (Phi) is 2.92. The zero-order valence-corrected chi connectivity index (χ0v) is 7.54. The molecule has 0 saturated carbocycles. The van der Waals surface area contributed by atoms with Crippen molar-refractivity contribution in [3.05, 3.63) is 41.5 Å². The van der Waals surface area contributed by atoms with Gasteiger partial charge in [-0.2, -0.15) is 0 Å². The first-order valence-electron chi connectivity index (χ1n) is 4.13. The van der Waals surface area contributed by atoms with Crippen LogP contribution < -0.4 is 0 Å². The Hall–Kier alpha value is -1.24.